The predicted molar refractivity (Wildman–Crippen MR) is 74.3 cm³/mol. The number of aromatic nitrogens is 2. The molecule has 0 radical (unpaired) electrons. The van der Waals surface area contributed by atoms with Crippen LogP contribution in [0.25, 0.3) is 0 Å². The molecule has 21 heavy (non-hydrogen) atoms. The van der Waals surface area contributed by atoms with Crippen molar-refractivity contribution in [3.8, 4) is 0 Å². The smallest absolute Gasteiger partial charge is 0.326 e. The number of amides is 1. The number of H-pyrrole nitrogens is 1. The van der Waals surface area contributed by atoms with Crippen molar-refractivity contribution in [1.29, 1.82) is 0 Å². The molecule has 1 atom stereocenters. The fourth-order valence-electron chi connectivity index (χ4n) is 1.82. The van der Waals surface area contributed by atoms with Crippen LogP contribution in [0.3, 0.4) is 0 Å². The molecule has 1 unspecified atom stereocenters. The third-order valence-corrected chi connectivity index (χ3v) is 3.14. The second-order valence-electron chi connectivity index (χ2n) is 4.64. The Labute approximate surface area is 121 Å². The maximum absolute atomic E-state index is 12.1. The number of carbonyl (C=O) groups excluding carboxylic acids is 1. The molecule has 1 aromatic rings. The highest BCUT2D eigenvalue weighted by Crippen LogP contribution is 2.06. The highest BCUT2D eigenvalue weighted by molar-refractivity contribution is 5.97. The van der Waals surface area contributed by atoms with Crippen LogP contribution in [0.5, 0.6) is 0 Å². The quantitative estimate of drug-likeness (QED) is 0.609. The van der Waals surface area contributed by atoms with Crippen LogP contribution in [0.2, 0.25) is 0 Å². The van der Waals surface area contributed by atoms with Crippen molar-refractivity contribution >= 4 is 11.9 Å². The Morgan fingerprint density at radius 1 is 1.43 bits per heavy atom. The van der Waals surface area contributed by atoms with Crippen molar-refractivity contribution in [1.82, 2.24) is 15.5 Å². The number of rotatable bonds is 7. The van der Waals surface area contributed by atoms with Crippen LogP contribution < -0.4 is 10.9 Å². The third kappa shape index (κ3) is 4.38. The first-order valence-corrected chi connectivity index (χ1v) is 6.47. The number of carboxylic acid groups (broad SMARTS) is 1. The normalized spacial score (nSPS) is 12.0. The highest BCUT2D eigenvalue weighted by atomic mass is 16.5. The number of methoxy groups -OCH3 is 1. The molecule has 0 saturated heterocycles. The minimum absolute atomic E-state index is 0.111. The van der Waals surface area contributed by atoms with Crippen molar-refractivity contribution in [2.75, 3.05) is 13.7 Å². The Hall–Kier alpha value is -2.22. The van der Waals surface area contributed by atoms with Crippen molar-refractivity contribution in [3.63, 3.8) is 0 Å². The molecule has 0 saturated carbocycles. The standard InChI is InChI=1S/C13H19N3O5/c1-7-8(2)15-16-12(18)10(7)11(17)14-9(13(19)20)5-4-6-21-3/h9H,4-6H2,1-3H3,(H,14,17)(H,16,18)(H,19,20). The van der Waals surface area contributed by atoms with Gasteiger partial charge in [-0.3, -0.25) is 9.59 Å². The van der Waals surface area contributed by atoms with E-state index in [-0.39, 0.29) is 12.0 Å². The Bertz CT molecular complexity index is 582. The first-order valence-electron chi connectivity index (χ1n) is 6.47. The fourth-order valence-corrected chi connectivity index (χ4v) is 1.82. The lowest BCUT2D eigenvalue weighted by molar-refractivity contribution is -0.139. The molecule has 0 aliphatic carbocycles. The lowest BCUT2D eigenvalue weighted by Crippen LogP contribution is -2.43. The summed E-state index contributed by atoms with van der Waals surface area (Å²) in [7, 11) is 1.51. The van der Waals surface area contributed by atoms with E-state index in [2.05, 4.69) is 15.5 Å². The first-order chi connectivity index (χ1) is 9.88. The zero-order valence-electron chi connectivity index (χ0n) is 12.2. The predicted octanol–water partition coefficient (Wildman–Crippen LogP) is -0.00366. The highest BCUT2D eigenvalue weighted by Gasteiger charge is 2.23. The molecule has 0 aliphatic rings. The Kier molecular flexibility index (Phi) is 6.04. The summed E-state index contributed by atoms with van der Waals surface area (Å²) in [6, 6.07) is -1.07. The number of nitrogens with one attached hydrogen (secondary N) is 2. The number of carboxylic acids is 1. The van der Waals surface area contributed by atoms with Gasteiger partial charge in [-0.25, -0.2) is 9.89 Å². The number of ether oxygens (including phenoxy) is 1. The Morgan fingerprint density at radius 2 is 2.10 bits per heavy atom. The minimum Gasteiger partial charge on any atom is -0.480 e. The monoisotopic (exact) mass is 297 g/mol. The van der Waals surface area contributed by atoms with Gasteiger partial charge in [0.1, 0.15) is 11.6 Å². The fraction of sp³-hybridized carbons (Fsp3) is 0.538. The maximum Gasteiger partial charge on any atom is 0.326 e. The van der Waals surface area contributed by atoms with Gasteiger partial charge in [0.2, 0.25) is 0 Å². The second kappa shape index (κ2) is 7.53. The molecule has 116 valence electrons. The summed E-state index contributed by atoms with van der Waals surface area (Å²) in [6.45, 7) is 3.64. The molecule has 1 rings (SSSR count). The Balaban J connectivity index is 2.90. The van der Waals surface area contributed by atoms with E-state index in [9.17, 15) is 14.4 Å². The number of nitrogens with zero attached hydrogens (tertiary/aromatic N) is 1. The summed E-state index contributed by atoms with van der Waals surface area (Å²) < 4.78 is 4.85. The molecule has 1 heterocycles. The summed E-state index contributed by atoms with van der Waals surface area (Å²) in [4.78, 5) is 35.0. The van der Waals surface area contributed by atoms with Gasteiger partial charge in [-0.05, 0) is 32.3 Å². The van der Waals surface area contributed by atoms with Crippen molar-refractivity contribution in [3.05, 3.63) is 27.2 Å². The molecular weight excluding hydrogens is 278 g/mol. The topological polar surface area (TPSA) is 121 Å². The number of aliphatic carboxylic acids is 1. The van der Waals surface area contributed by atoms with Crippen LogP contribution in [0.1, 0.15) is 34.5 Å². The molecule has 0 aromatic carbocycles. The molecule has 1 aromatic heterocycles. The van der Waals surface area contributed by atoms with E-state index in [1.54, 1.807) is 13.8 Å². The van der Waals surface area contributed by atoms with E-state index in [0.29, 0.717) is 24.3 Å². The number of carbonyl (C=O) groups is 2. The van der Waals surface area contributed by atoms with E-state index in [0.717, 1.165) is 0 Å². The lowest BCUT2D eigenvalue weighted by atomic mass is 10.1. The molecule has 0 aliphatic heterocycles. The van der Waals surface area contributed by atoms with Gasteiger partial charge < -0.3 is 15.2 Å². The van der Waals surface area contributed by atoms with Crippen LogP contribution in [0, 0.1) is 13.8 Å². The zero-order chi connectivity index (χ0) is 16.0. The lowest BCUT2D eigenvalue weighted by Gasteiger charge is -2.15. The van der Waals surface area contributed by atoms with Crippen LogP contribution in [0.4, 0.5) is 0 Å². The van der Waals surface area contributed by atoms with E-state index in [1.807, 2.05) is 0 Å². The van der Waals surface area contributed by atoms with E-state index < -0.39 is 23.5 Å². The third-order valence-electron chi connectivity index (χ3n) is 3.14. The first kappa shape index (κ1) is 16.8. The van der Waals surface area contributed by atoms with Crippen LogP contribution in [-0.4, -0.2) is 46.9 Å². The second-order valence-corrected chi connectivity index (χ2v) is 4.64. The summed E-state index contributed by atoms with van der Waals surface area (Å²) in [6.07, 6.45) is 0.703. The average Bonchev–Trinajstić information content (AvgIpc) is 2.42. The van der Waals surface area contributed by atoms with Gasteiger partial charge in [0, 0.05) is 13.7 Å². The number of aryl methyl sites for hydroxylation is 1. The summed E-state index contributed by atoms with van der Waals surface area (Å²) >= 11 is 0. The van der Waals surface area contributed by atoms with E-state index >= 15 is 0 Å². The van der Waals surface area contributed by atoms with Crippen LogP contribution in [0.15, 0.2) is 4.79 Å². The van der Waals surface area contributed by atoms with Crippen LogP contribution >= 0.6 is 0 Å². The number of hydrogen-bond donors (Lipinski definition) is 3. The Morgan fingerprint density at radius 3 is 2.67 bits per heavy atom. The van der Waals surface area contributed by atoms with E-state index in [1.165, 1.54) is 7.11 Å². The van der Waals surface area contributed by atoms with Crippen molar-refractivity contribution in [2.24, 2.45) is 0 Å². The molecule has 8 nitrogen and oxygen atoms in total. The molecule has 8 heteroatoms. The molecule has 0 fully saturated rings. The molecular formula is C13H19N3O5. The van der Waals surface area contributed by atoms with Gasteiger partial charge >= 0.3 is 5.97 Å². The van der Waals surface area contributed by atoms with Gasteiger partial charge in [0.15, 0.2) is 0 Å². The van der Waals surface area contributed by atoms with Gasteiger partial charge in [-0.2, -0.15) is 5.10 Å². The summed E-state index contributed by atoms with van der Waals surface area (Å²) in [5.41, 5.74) is 0.181. The average molecular weight is 297 g/mol. The molecule has 3 N–H and O–H groups in total. The molecule has 1 amide bonds. The largest absolute Gasteiger partial charge is 0.480 e. The van der Waals surface area contributed by atoms with Gasteiger partial charge in [0.25, 0.3) is 11.5 Å². The van der Waals surface area contributed by atoms with Crippen LogP contribution in [-0.2, 0) is 9.53 Å². The van der Waals surface area contributed by atoms with Gasteiger partial charge in [0.05, 0.1) is 5.69 Å². The summed E-state index contributed by atoms with van der Waals surface area (Å²) in [5.74, 6) is -1.87. The van der Waals surface area contributed by atoms with E-state index in [4.69, 9.17) is 9.84 Å². The number of aromatic amines is 1. The van der Waals surface area contributed by atoms with Crippen molar-refractivity contribution in [2.45, 2.75) is 32.7 Å². The maximum atomic E-state index is 12.1. The number of hydrogen-bond acceptors (Lipinski definition) is 5. The van der Waals surface area contributed by atoms with Gasteiger partial charge in [-0.1, -0.05) is 0 Å². The SMILES string of the molecule is COCCCC(NC(=O)c1c(C)c(C)n[nH]c1=O)C(=O)O. The summed E-state index contributed by atoms with van der Waals surface area (Å²) in [5, 5.41) is 17.4. The zero-order valence-corrected chi connectivity index (χ0v) is 12.2. The van der Waals surface area contributed by atoms with Crippen molar-refractivity contribution < 1.29 is 19.4 Å². The van der Waals surface area contributed by atoms with Gasteiger partial charge in [-0.15, -0.1) is 0 Å². The minimum atomic E-state index is -1.15. The molecule has 0 spiro atoms. The molecule has 0 bridgehead atoms.